The Balaban J connectivity index is 1.86. The van der Waals surface area contributed by atoms with Crippen molar-refractivity contribution in [2.75, 3.05) is 20.7 Å². The van der Waals surface area contributed by atoms with Gasteiger partial charge in [-0.25, -0.2) is 12.7 Å². The monoisotopic (exact) mass is 415 g/mol. The molecule has 0 aliphatic heterocycles. The van der Waals surface area contributed by atoms with Crippen LogP contribution < -0.4 is 10.1 Å². The smallest absolute Gasteiger partial charge is 0.268 e. The van der Waals surface area contributed by atoms with Crippen molar-refractivity contribution >= 4 is 26.8 Å². The van der Waals surface area contributed by atoms with Crippen molar-refractivity contribution in [1.82, 2.24) is 14.2 Å². The molecule has 0 aliphatic rings. The number of para-hydroxylation sites is 1. The fraction of sp³-hybridized carbons (Fsp3) is 0.286. The number of hydrogen-bond donors (Lipinski definition) is 1. The first-order valence-corrected chi connectivity index (χ1v) is 10.7. The second-order valence-electron chi connectivity index (χ2n) is 6.82. The van der Waals surface area contributed by atoms with Gasteiger partial charge in [0, 0.05) is 44.2 Å². The lowest BCUT2D eigenvalue weighted by molar-refractivity contribution is 0.0943. The van der Waals surface area contributed by atoms with Crippen molar-refractivity contribution in [2.45, 2.75) is 18.4 Å². The minimum absolute atomic E-state index is 0.193. The molecule has 3 rings (SSSR count). The van der Waals surface area contributed by atoms with Gasteiger partial charge >= 0.3 is 0 Å². The summed E-state index contributed by atoms with van der Waals surface area (Å²) in [5, 5.41) is 3.60. The van der Waals surface area contributed by atoms with Crippen LogP contribution in [0.1, 0.15) is 23.0 Å². The molecule has 0 radical (unpaired) electrons. The number of aryl methyl sites for hydroxylation is 1. The van der Waals surface area contributed by atoms with Gasteiger partial charge in [0.1, 0.15) is 11.4 Å². The zero-order valence-electron chi connectivity index (χ0n) is 17.0. The maximum absolute atomic E-state index is 12.8. The molecule has 0 atom stereocenters. The van der Waals surface area contributed by atoms with Gasteiger partial charge in [0.15, 0.2) is 0 Å². The Labute approximate surface area is 170 Å². The maximum Gasteiger partial charge on any atom is 0.268 e. The maximum atomic E-state index is 12.8. The van der Waals surface area contributed by atoms with Crippen LogP contribution in [-0.2, 0) is 23.6 Å². The molecule has 0 aliphatic carbocycles. The third-order valence-corrected chi connectivity index (χ3v) is 6.55. The van der Waals surface area contributed by atoms with Crippen LogP contribution in [0.4, 0.5) is 0 Å². The van der Waals surface area contributed by atoms with Crippen LogP contribution in [0.15, 0.2) is 53.4 Å². The molecule has 154 valence electrons. The summed E-state index contributed by atoms with van der Waals surface area (Å²) in [6.45, 7) is 2.79. The van der Waals surface area contributed by atoms with Gasteiger partial charge in [-0.05, 0) is 37.3 Å². The molecule has 1 heterocycles. The van der Waals surface area contributed by atoms with Gasteiger partial charge in [-0.2, -0.15) is 0 Å². The number of sulfonamides is 1. The van der Waals surface area contributed by atoms with Gasteiger partial charge in [-0.3, -0.25) is 4.79 Å². The highest BCUT2D eigenvalue weighted by atomic mass is 32.2. The Kier molecular flexibility index (Phi) is 5.95. The number of aromatic nitrogens is 1. The van der Waals surface area contributed by atoms with E-state index >= 15 is 0 Å². The molecule has 1 aromatic heterocycles. The summed E-state index contributed by atoms with van der Waals surface area (Å²) in [4.78, 5) is 13.0. The molecule has 1 N–H and O–H groups in total. The van der Waals surface area contributed by atoms with E-state index in [2.05, 4.69) is 5.32 Å². The summed E-state index contributed by atoms with van der Waals surface area (Å²) in [5.41, 5.74) is 2.12. The molecule has 0 saturated heterocycles. The van der Waals surface area contributed by atoms with Crippen molar-refractivity contribution in [1.29, 1.82) is 0 Å². The summed E-state index contributed by atoms with van der Waals surface area (Å²) >= 11 is 0. The van der Waals surface area contributed by atoms with E-state index in [1.165, 1.54) is 18.4 Å². The molecule has 8 heteroatoms. The zero-order valence-corrected chi connectivity index (χ0v) is 17.8. The molecule has 3 aromatic rings. The van der Waals surface area contributed by atoms with Crippen molar-refractivity contribution in [3.05, 3.63) is 59.8 Å². The van der Waals surface area contributed by atoms with Gasteiger partial charge in [0.25, 0.3) is 5.91 Å². The van der Waals surface area contributed by atoms with Gasteiger partial charge in [-0.1, -0.05) is 18.2 Å². The Morgan fingerprint density at radius 3 is 2.55 bits per heavy atom. The number of carbonyl (C=O) groups is 1. The van der Waals surface area contributed by atoms with Crippen molar-refractivity contribution < 1.29 is 17.9 Å². The third-order valence-electron chi connectivity index (χ3n) is 4.74. The van der Waals surface area contributed by atoms with Crippen LogP contribution in [0.3, 0.4) is 0 Å². The summed E-state index contributed by atoms with van der Waals surface area (Å²) in [7, 11) is 1.22. The first-order valence-electron chi connectivity index (χ1n) is 9.26. The molecule has 0 unspecified atom stereocenters. The number of nitrogens with one attached hydrogen (secondary N) is 1. The lowest BCUT2D eigenvalue weighted by Gasteiger charge is -2.11. The Hall–Kier alpha value is -2.84. The van der Waals surface area contributed by atoms with Crippen molar-refractivity contribution in [2.24, 2.45) is 7.05 Å². The average Bonchev–Trinajstić information content (AvgIpc) is 3.03. The summed E-state index contributed by atoms with van der Waals surface area (Å²) < 4.78 is 33.3. The minimum Gasteiger partial charge on any atom is -0.494 e. The number of nitrogens with zero attached hydrogens (tertiary/aromatic N) is 2. The van der Waals surface area contributed by atoms with E-state index in [0.29, 0.717) is 24.2 Å². The van der Waals surface area contributed by atoms with Crippen LogP contribution in [0.2, 0.25) is 0 Å². The lowest BCUT2D eigenvalue weighted by atomic mass is 10.2. The predicted octanol–water partition coefficient (Wildman–Crippen LogP) is 2.76. The second-order valence-corrected chi connectivity index (χ2v) is 8.97. The summed E-state index contributed by atoms with van der Waals surface area (Å²) in [5.74, 6) is 0.498. The number of fused-ring (bicyclic) bond motifs is 1. The number of ether oxygens (including phenoxy) is 1. The molecule has 1 amide bonds. The average molecular weight is 416 g/mol. The first-order chi connectivity index (χ1) is 13.8. The highest BCUT2D eigenvalue weighted by Gasteiger charge is 2.20. The van der Waals surface area contributed by atoms with Crippen LogP contribution in [0.25, 0.3) is 10.9 Å². The van der Waals surface area contributed by atoms with E-state index < -0.39 is 10.0 Å². The number of benzene rings is 2. The van der Waals surface area contributed by atoms with E-state index in [1.807, 2.05) is 31.2 Å². The number of rotatable bonds is 7. The van der Waals surface area contributed by atoms with Crippen molar-refractivity contribution in [3.8, 4) is 5.75 Å². The van der Waals surface area contributed by atoms with Crippen LogP contribution in [-0.4, -0.2) is 43.9 Å². The van der Waals surface area contributed by atoms with Crippen LogP contribution >= 0.6 is 0 Å². The first kappa shape index (κ1) is 20.9. The van der Waals surface area contributed by atoms with Gasteiger partial charge < -0.3 is 14.6 Å². The third kappa shape index (κ3) is 4.13. The second kappa shape index (κ2) is 8.26. The van der Waals surface area contributed by atoms with Crippen LogP contribution in [0.5, 0.6) is 5.75 Å². The quantitative estimate of drug-likeness (QED) is 0.643. The molecule has 0 spiro atoms. The number of amides is 1. The van der Waals surface area contributed by atoms with Crippen LogP contribution in [0, 0.1) is 0 Å². The van der Waals surface area contributed by atoms with E-state index in [4.69, 9.17) is 4.74 Å². The normalized spacial score (nSPS) is 11.8. The molecule has 2 aromatic carbocycles. The molecule has 0 saturated carbocycles. The van der Waals surface area contributed by atoms with Gasteiger partial charge in [-0.15, -0.1) is 0 Å². The number of hydrogen-bond acceptors (Lipinski definition) is 4. The molecule has 0 bridgehead atoms. The van der Waals surface area contributed by atoms with E-state index in [-0.39, 0.29) is 10.8 Å². The standard InChI is InChI=1S/C21H25N3O4S/c1-5-28-20-9-7-6-8-15(20)14-22-21(25)19-13-16-12-17(29(26,27)23(2)3)10-11-18(16)24(19)4/h6-13H,5,14H2,1-4H3,(H,22,25). The van der Waals surface area contributed by atoms with Gasteiger partial charge in [0.05, 0.1) is 11.5 Å². The fourth-order valence-corrected chi connectivity index (χ4v) is 4.07. The number of carbonyl (C=O) groups excluding carboxylic acids is 1. The van der Waals surface area contributed by atoms with Crippen molar-refractivity contribution in [3.63, 3.8) is 0 Å². The highest BCUT2D eigenvalue weighted by molar-refractivity contribution is 7.89. The molecule has 7 nitrogen and oxygen atoms in total. The SMILES string of the molecule is CCOc1ccccc1CNC(=O)c1cc2cc(S(=O)(=O)N(C)C)ccc2n1C. The Bertz CT molecular complexity index is 1150. The largest absolute Gasteiger partial charge is 0.494 e. The minimum atomic E-state index is -3.54. The molecule has 0 fully saturated rings. The molecule has 29 heavy (non-hydrogen) atoms. The topological polar surface area (TPSA) is 80.6 Å². The fourth-order valence-electron chi connectivity index (χ4n) is 3.13. The van der Waals surface area contributed by atoms with E-state index in [1.54, 1.807) is 35.9 Å². The molecular weight excluding hydrogens is 390 g/mol. The predicted molar refractivity (Wildman–Crippen MR) is 113 cm³/mol. The lowest BCUT2D eigenvalue weighted by Crippen LogP contribution is -2.25. The zero-order chi connectivity index (χ0) is 21.2. The van der Waals surface area contributed by atoms with Gasteiger partial charge in [0.2, 0.25) is 10.0 Å². The molecular formula is C21H25N3O4S. The summed E-state index contributed by atoms with van der Waals surface area (Å²) in [6.07, 6.45) is 0. The van der Waals surface area contributed by atoms with E-state index in [0.717, 1.165) is 16.8 Å². The highest BCUT2D eigenvalue weighted by Crippen LogP contribution is 2.24. The van der Waals surface area contributed by atoms with E-state index in [9.17, 15) is 13.2 Å². The Morgan fingerprint density at radius 2 is 1.86 bits per heavy atom. The Morgan fingerprint density at radius 1 is 1.14 bits per heavy atom. The summed E-state index contributed by atoms with van der Waals surface area (Å²) in [6, 6.07) is 14.1.